The first-order valence-electron chi connectivity index (χ1n) is 9.22. The number of nitrogens with one attached hydrogen (secondary N) is 2. The molecule has 0 saturated carbocycles. The van der Waals surface area contributed by atoms with Gasteiger partial charge in [-0.3, -0.25) is 9.59 Å². The molecule has 2 amide bonds. The number of hydrogen-bond acceptors (Lipinski definition) is 4. The second-order valence-corrected chi connectivity index (χ2v) is 8.55. The van der Waals surface area contributed by atoms with E-state index in [9.17, 15) is 9.59 Å². The van der Waals surface area contributed by atoms with Gasteiger partial charge in [0.05, 0.1) is 6.21 Å². The Hall–Kier alpha value is -3.25. The fourth-order valence-electron chi connectivity index (χ4n) is 2.61. The molecule has 0 aliphatic rings. The summed E-state index contributed by atoms with van der Waals surface area (Å²) in [6.45, 7) is 6.40. The van der Waals surface area contributed by atoms with Gasteiger partial charge in [-0.05, 0) is 58.8 Å². The Morgan fingerprint density at radius 3 is 2.10 bits per heavy atom. The van der Waals surface area contributed by atoms with Crippen LogP contribution in [0.25, 0.3) is 0 Å². The number of amides is 2. The Morgan fingerprint density at radius 1 is 0.897 bits per heavy atom. The van der Waals surface area contributed by atoms with Gasteiger partial charge in [-0.15, -0.1) is 11.3 Å². The number of thiophene rings is 1. The summed E-state index contributed by atoms with van der Waals surface area (Å²) in [5.41, 5.74) is 5.37. The topological polar surface area (TPSA) is 70.6 Å². The fourth-order valence-corrected chi connectivity index (χ4v) is 3.20. The summed E-state index contributed by atoms with van der Waals surface area (Å²) in [7, 11) is 0. The van der Waals surface area contributed by atoms with Crippen LogP contribution < -0.4 is 10.7 Å². The van der Waals surface area contributed by atoms with E-state index in [2.05, 4.69) is 36.6 Å². The summed E-state index contributed by atoms with van der Waals surface area (Å²) < 4.78 is 0. The minimum Gasteiger partial charge on any atom is -0.322 e. The second kappa shape index (κ2) is 8.84. The lowest BCUT2D eigenvalue weighted by Crippen LogP contribution is -2.18. The van der Waals surface area contributed by atoms with Crippen molar-refractivity contribution in [3.05, 3.63) is 87.6 Å². The van der Waals surface area contributed by atoms with E-state index in [4.69, 9.17) is 0 Å². The van der Waals surface area contributed by atoms with Gasteiger partial charge in [-0.2, -0.15) is 5.10 Å². The third-order valence-corrected chi connectivity index (χ3v) is 5.13. The van der Waals surface area contributed by atoms with Gasteiger partial charge in [0.2, 0.25) is 0 Å². The van der Waals surface area contributed by atoms with E-state index in [-0.39, 0.29) is 17.2 Å². The number of carbonyl (C=O) groups excluding carboxylic acids is 2. The Morgan fingerprint density at radius 2 is 1.52 bits per heavy atom. The molecule has 0 fully saturated rings. The van der Waals surface area contributed by atoms with Crippen molar-refractivity contribution in [1.29, 1.82) is 0 Å². The lowest BCUT2D eigenvalue weighted by atomic mass is 9.87. The third kappa shape index (κ3) is 5.62. The van der Waals surface area contributed by atoms with Crippen molar-refractivity contribution in [2.75, 3.05) is 5.32 Å². The van der Waals surface area contributed by atoms with Crippen LogP contribution in [-0.4, -0.2) is 18.0 Å². The molecule has 3 rings (SSSR count). The molecule has 5 nitrogen and oxygen atoms in total. The zero-order valence-electron chi connectivity index (χ0n) is 16.6. The van der Waals surface area contributed by atoms with Crippen molar-refractivity contribution in [3.63, 3.8) is 0 Å². The molecule has 1 heterocycles. The van der Waals surface area contributed by atoms with E-state index in [1.165, 1.54) is 16.9 Å². The van der Waals surface area contributed by atoms with Crippen molar-refractivity contribution in [2.24, 2.45) is 5.10 Å². The monoisotopic (exact) mass is 405 g/mol. The van der Waals surface area contributed by atoms with Crippen molar-refractivity contribution in [1.82, 2.24) is 5.43 Å². The molecule has 6 heteroatoms. The first-order chi connectivity index (χ1) is 13.8. The molecule has 0 aliphatic carbocycles. The van der Waals surface area contributed by atoms with E-state index in [1.807, 2.05) is 41.8 Å². The largest absolute Gasteiger partial charge is 0.322 e. The lowest BCUT2D eigenvalue weighted by molar-refractivity contribution is 0.0954. The number of carbonyl (C=O) groups is 2. The summed E-state index contributed by atoms with van der Waals surface area (Å²) in [5, 5.41) is 8.73. The van der Waals surface area contributed by atoms with E-state index >= 15 is 0 Å². The normalized spacial score (nSPS) is 11.4. The maximum absolute atomic E-state index is 12.4. The van der Waals surface area contributed by atoms with Crippen LogP contribution in [0.5, 0.6) is 0 Å². The van der Waals surface area contributed by atoms with Gasteiger partial charge in [0, 0.05) is 21.7 Å². The zero-order chi connectivity index (χ0) is 20.9. The molecule has 0 bridgehead atoms. The van der Waals surface area contributed by atoms with Gasteiger partial charge in [-0.25, -0.2) is 5.43 Å². The van der Waals surface area contributed by atoms with E-state index < -0.39 is 0 Å². The number of rotatable bonds is 5. The van der Waals surface area contributed by atoms with Gasteiger partial charge < -0.3 is 5.32 Å². The van der Waals surface area contributed by atoms with Gasteiger partial charge in [0.25, 0.3) is 11.8 Å². The molecule has 2 N–H and O–H groups in total. The van der Waals surface area contributed by atoms with Crippen LogP contribution in [0.2, 0.25) is 0 Å². The molecule has 29 heavy (non-hydrogen) atoms. The number of hydrazone groups is 1. The summed E-state index contributed by atoms with van der Waals surface area (Å²) in [5.74, 6) is -0.503. The summed E-state index contributed by atoms with van der Waals surface area (Å²) in [4.78, 5) is 25.5. The Kier molecular flexibility index (Phi) is 6.24. The number of nitrogens with zero attached hydrogens (tertiary/aromatic N) is 1. The zero-order valence-corrected chi connectivity index (χ0v) is 17.4. The van der Waals surface area contributed by atoms with Crippen LogP contribution in [-0.2, 0) is 5.41 Å². The van der Waals surface area contributed by atoms with Crippen LogP contribution in [0.1, 0.15) is 51.9 Å². The summed E-state index contributed by atoms with van der Waals surface area (Å²) in [6, 6.07) is 18.1. The highest BCUT2D eigenvalue weighted by Crippen LogP contribution is 2.22. The van der Waals surface area contributed by atoms with Crippen LogP contribution in [0.3, 0.4) is 0 Å². The van der Waals surface area contributed by atoms with Gasteiger partial charge in [0.1, 0.15) is 0 Å². The fraction of sp³-hybridized carbons (Fsp3) is 0.174. The molecule has 148 valence electrons. The molecule has 3 aromatic rings. The molecule has 0 aliphatic heterocycles. The SMILES string of the molecule is CC(C)(C)c1ccc(C(=O)Nc2ccc(C(=O)N/N=C/c3cccs3)cc2)cc1. The average Bonchev–Trinajstić information content (AvgIpc) is 3.21. The van der Waals surface area contributed by atoms with Crippen molar-refractivity contribution < 1.29 is 9.59 Å². The number of anilines is 1. The molecule has 0 atom stereocenters. The standard InChI is InChI=1S/C23H23N3O2S/c1-23(2,3)18-10-6-16(7-11-18)21(27)25-19-12-8-17(9-13-19)22(28)26-24-15-20-5-4-14-29-20/h4-15H,1-3H3,(H,25,27)(H,26,28)/b24-15+. The first-order valence-corrected chi connectivity index (χ1v) is 10.1. The second-order valence-electron chi connectivity index (χ2n) is 7.57. The molecule has 0 spiro atoms. The van der Waals surface area contributed by atoms with Crippen LogP contribution in [0.15, 0.2) is 71.1 Å². The highest BCUT2D eigenvalue weighted by molar-refractivity contribution is 7.11. The van der Waals surface area contributed by atoms with Crippen molar-refractivity contribution in [3.8, 4) is 0 Å². The molecular formula is C23H23N3O2S. The predicted molar refractivity (Wildman–Crippen MR) is 119 cm³/mol. The summed E-state index contributed by atoms with van der Waals surface area (Å²) in [6.07, 6.45) is 1.60. The third-order valence-electron chi connectivity index (χ3n) is 4.32. The Balaban J connectivity index is 1.58. The van der Waals surface area contributed by atoms with Crippen LogP contribution in [0.4, 0.5) is 5.69 Å². The highest BCUT2D eigenvalue weighted by Gasteiger charge is 2.14. The van der Waals surface area contributed by atoms with E-state index in [0.29, 0.717) is 16.8 Å². The van der Waals surface area contributed by atoms with E-state index in [0.717, 1.165) is 4.88 Å². The highest BCUT2D eigenvalue weighted by atomic mass is 32.1. The predicted octanol–water partition coefficient (Wildman–Crippen LogP) is 5.06. The maximum atomic E-state index is 12.4. The Labute approximate surface area is 174 Å². The molecule has 0 unspecified atom stereocenters. The maximum Gasteiger partial charge on any atom is 0.271 e. The number of hydrogen-bond donors (Lipinski definition) is 2. The van der Waals surface area contributed by atoms with Crippen LogP contribution >= 0.6 is 11.3 Å². The summed E-state index contributed by atoms with van der Waals surface area (Å²) >= 11 is 1.54. The molecular weight excluding hydrogens is 382 g/mol. The molecule has 1 aromatic heterocycles. The molecule has 0 saturated heterocycles. The minimum absolute atomic E-state index is 0.0409. The molecule has 0 radical (unpaired) electrons. The number of benzene rings is 2. The lowest BCUT2D eigenvalue weighted by Gasteiger charge is -2.19. The molecule has 2 aromatic carbocycles. The van der Waals surface area contributed by atoms with Crippen molar-refractivity contribution >= 4 is 35.1 Å². The van der Waals surface area contributed by atoms with Gasteiger partial charge >= 0.3 is 0 Å². The van der Waals surface area contributed by atoms with Crippen LogP contribution in [0, 0.1) is 0 Å². The smallest absolute Gasteiger partial charge is 0.271 e. The first kappa shape index (κ1) is 20.5. The van der Waals surface area contributed by atoms with E-state index in [1.54, 1.807) is 30.5 Å². The van der Waals surface area contributed by atoms with Gasteiger partial charge in [0.15, 0.2) is 0 Å². The van der Waals surface area contributed by atoms with Gasteiger partial charge in [-0.1, -0.05) is 39.0 Å². The Bertz CT molecular complexity index is 1000. The minimum atomic E-state index is -0.312. The van der Waals surface area contributed by atoms with Crippen molar-refractivity contribution in [2.45, 2.75) is 26.2 Å². The average molecular weight is 406 g/mol. The quantitative estimate of drug-likeness (QED) is 0.460.